The predicted octanol–water partition coefficient (Wildman–Crippen LogP) is 2.30. The Morgan fingerprint density at radius 1 is 1.40 bits per heavy atom. The SMILES string of the molecule is CCNP(C)(=O)C(C)(C)C. The molecule has 0 aromatic carbocycles. The maximum atomic E-state index is 11.7. The Bertz CT molecular complexity index is 148. The highest BCUT2D eigenvalue weighted by atomic mass is 31.2. The van der Waals surface area contributed by atoms with Gasteiger partial charge in [0.2, 0.25) is 0 Å². The van der Waals surface area contributed by atoms with Crippen LogP contribution in [0.4, 0.5) is 0 Å². The fourth-order valence-electron chi connectivity index (χ4n) is 0.539. The van der Waals surface area contributed by atoms with E-state index in [0.717, 1.165) is 6.54 Å². The molecule has 0 aromatic rings. The molecule has 1 unspecified atom stereocenters. The van der Waals surface area contributed by atoms with Gasteiger partial charge in [0, 0.05) is 11.8 Å². The predicted molar refractivity (Wildman–Crippen MR) is 47.0 cm³/mol. The van der Waals surface area contributed by atoms with Crippen LogP contribution >= 0.6 is 7.29 Å². The lowest BCUT2D eigenvalue weighted by atomic mass is 10.3. The van der Waals surface area contributed by atoms with E-state index in [4.69, 9.17) is 0 Å². The smallest absolute Gasteiger partial charge is 0.149 e. The maximum absolute atomic E-state index is 11.7. The molecule has 1 atom stereocenters. The highest BCUT2D eigenvalue weighted by Gasteiger charge is 2.30. The molecule has 0 spiro atoms. The molecular formula is C7H18NOP. The normalized spacial score (nSPS) is 18.5. The summed E-state index contributed by atoms with van der Waals surface area (Å²) in [6.45, 7) is 10.5. The molecule has 0 heterocycles. The molecule has 0 rings (SSSR count). The molecule has 0 radical (unpaired) electrons. The third-order valence-electron chi connectivity index (χ3n) is 1.74. The summed E-state index contributed by atoms with van der Waals surface area (Å²) in [6, 6.07) is 0. The van der Waals surface area contributed by atoms with Gasteiger partial charge >= 0.3 is 0 Å². The van der Waals surface area contributed by atoms with Crippen LogP contribution in [0.5, 0.6) is 0 Å². The molecule has 1 N–H and O–H groups in total. The Balaban J connectivity index is 4.26. The molecule has 62 valence electrons. The Labute approximate surface area is 63.8 Å². The van der Waals surface area contributed by atoms with Gasteiger partial charge in [0.1, 0.15) is 7.29 Å². The summed E-state index contributed by atoms with van der Waals surface area (Å²) >= 11 is 0. The van der Waals surface area contributed by atoms with Crippen LogP contribution in [-0.2, 0) is 4.57 Å². The van der Waals surface area contributed by atoms with Gasteiger partial charge in [0.25, 0.3) is 0 Å². The van der Waals surface area contributed by atoms with E-state index in [9.17, 15) is 4.57 Å². The summed E-state index contributed by atoms with van der Waals surface area (Å²) in [5.41, 5.74) is 0. The van der Waals surface area contributed by atoms with Crippen molar-refractivity contribution >= 4 is 7.29 Å². The first-order chi connectivity index (χ1) is 4.31. The highest BCUT2D eigenvalue weighted by Crippen LogP contribution is 2.49. The number of rotatable bonds is 2. The lowest BCUT2D eigenvalue weighted by molar-refractivity contribution is 0.542. The summed E-state index contributed by atoms with van der Waals surface area (Å²) in [5.74, 6) is 0. The molecule has 0 aromatic heterocycles. The standard InChI is InChI=1S/C7H18NOP/c1-6-8-10(5,9)7(2,3)4/h6H2,1-5H3,(H,8,9). The Hall–Kier alpha value is 0.190. The molecule has 0 aliphatic carbocycles. The van der Waals surface area contributed by atoms with E-state index in [1.807, 2.05) is 27.7 Å². The number of hydrogen-bond donors (Lipinski definition) is 1. The first-order valence-corrected chi connectivity index (χ1v) is 5.79. The van der Waals surface area contributed by atoms with E-state index in [1.165, 1.54) is 0 Å². The monoisotopic (exact) mass is 163 g/mol. The molecule has 0 aliphatic rings. The van der Waals surface area contributed by atoms with Crippen molar-refractivity contribution in [1.29, 1.82) is 0 Å². The second-order valence-corrected chi connectivity index (χ2v) is 7.11. The second kappa shape index (κ2) is 3.06. The summed E-state index contributed by atoms with van der Waals surface area (Å²) in [5, 5.41) is 2.91. The van der Waals surface area contributed by atoms with E-state index >= 15 is 0 Å². The van der Waals surface area contributed by atoms with Crippen LogP contribution in [0.3, 0.4) is 0 Å². The molecule has 0 fully saturated rings. The first-order valence-electron chi connectivity index (χ1n) is 3.64. The minimum atomic E-state index is -2.13. The van der Waals surface area contributed by atoms with Gasteiger partial charge in [-0.1, -0.05) is 27.7 Å². The lowest BCUT2D eigenvalue weighted by Crippen LogP contribution is -2.24. The van der Waals surface area contributed by atoms with E-state index in [1.54, 1.807) is 6.66 Å². The van der Waals surface area contributed by atoms with Crippen LogP contribution in [-0.4, -0.2) is 18.4 Å². The van der Waals surface area contributed by atoms with Crippen molar-refractivity contribution in [1.82, 2.24) is 5.09 Å². The minimum Gasteiger partial charge on any atom is -0.306 e. The maximum Gasteiger partial charge on any atom is 0.149 e. The van der Waals surface area contributed by atoms with Crippen LogP contribution in [0.15, 0.2) is 0 Å². The van der Waals surface area contributed by atoms with Gasteiger partial charge in [-0.05, 0) is 6.54 Å². The lowest BCUT2D eigenvalue weighted by Gasteiger charge is -2.27. The summed E-state index contributed by atoms with van der Waals surface area (Å²) in [7, 11) is -2.13. The van der Waals surface area contributed by atoms with Crippen molar-refractivity contribution < 1.29 is 4.57 Å². The van der Waals surface area contributed by atoms with Gasteiger partial charge in [0.15, 0.2) is 0 Å². The number of hydrogen-bond acceptors (Lipinski definition) is 1. The van der Waals surface area contributed by atoms with Gasteiger partial charge in [-0.3, -0.25) is 5.09 Å². The fourth-order valence-corrected chi connectivity index (χ4v) is 1.62. The zero-order chi connectivity index (χ0) is 8.41. The zero-order valence-corrected chi connectivity index (χ0v) is 8.46. The van der Waals surface area contributed by atoms with Crippen LogP contribution in [0, 0.1) is 0 Å². The van der Waals surface area contributed by atoms with Gasteiger partial charge in [0.05, 0.1) is 0 Å². The van der Waals surface area contributed by atoms with Crippen molar-refractivity contribution in [3.05, 3.63) is 0 Å². The Morgan fingerprint density at radius 3 is 1.90 bits per heavy atom. The van der Waals surface area contributed by atoms with Crippen LogP contribution in [0.25, 0.3) is 0 Å². The first kappa shape index (κ1) is 10.2. The number of nitrogens with one attached hydrogen (secondary N) is 1. The molecule has 3 heteroatoms. The van der Waals surface area contributed by atoms with E-state index in [-0.39, 0.29) is 5.16 Å². The van der Waals surface area contributed by atoms with Gasteiger partial charge in [-0.25, -0.2) is 0 Å². The van der Waals surface area contributed by atoms with Crippen molar-refractivity contribution in [2.24, 2.45) is 0 Å². The summed E-state index contributed by atoms with van der Waals surface area (Å²) in [6.07, 6.45) is 0. The summed E-state index contributed by atoms with van der Waals surface area (Å²) in [4.78, 5) is 0. The van der Waals surface area contributed by atoms with E-state index < -0.39 is 7.29 Å². The molecule has 0 saturated heterocycles. The van der Waals surface area contributed by atoms with Crippen molar-refractivity contribution in [2.75, 3.05) is 13.2 Å². The molecule has 10 heavy (non-hydrogen) atoms. The second-order valence-electron chi connectivity index (χ2n) is 3.61. The molecule has 0 bridgehead atoms. The third kappa shape index (κ3) is 2.43. The topological polar surface area (TPSA) is 29.1 Å². The minimum absolute atomic E-state index is 0.108. The average molecular weight is 163 g/mol. The van der Waals surface area contributed by atoms with Gasteiger partial charge < -0.3 is 4.57 Å². The Kier molecular flexibility index (Phi) is 3.12. The zero-order valence-electron chi connectivity index (χ0n) is 7.56. The van der Waals surface area contributed by atoms with Crippen LogP contribution in [0.2, 0.25) is 0 Å². The molecule has 0 aliphatic heterocycles. The van der Waals surface area contributed by atoms with E-state index in [0.29, 0.717) is 0 Å². The fraction of sp³-hybridized carbons (Fsp3) is 1.00. The molecular weight excluding hydrogens is 145 g/mol. The third-order valence-corrected chi connectivity index (χ3v) is 5.22. The molecule has 0 saturated carbocycles. The van der Waals surface area contributed by atoms with Crippen LogP contribution < -0.4 is 5.09 Å². The molecule has 2 nitrogen and oxygen atoms in total. The average Bonchev–Trinajstić information content (AvgIpc) is 1.61. The van der Waals surface area contributed by atoms with Crippen molar-refractivity contribution in [3.63, 3.8) is 0 Å². The quantitative estimate of drug-likeness (QED) is 0.633. The molecule has 0 amide bonds. The van der Waals surface area contributed by atoms with E-state index in [2.05, 4.69) is 5.09 Å². The van der Waals surface area contributed by atoms with Crippen molar-refractivity contribution in [2.45, 2.75) is 32.9 Å². The largest absolute Gasteiger partial charge is 0.306 e. The van der Waals surface area contributed by atoms with Crippen LogP contribution in [0.1, 0.15) is 27.7 Å². The van der Waals surface area contributed by atoms with Gasteiger partial charge in [-0.2, -0.15) is 0 Å². The highest BCUT2D eigenvalue weighted by molar-refractivity contribution is 7.62. The van der Waals surface area contributed by atoms with Gasteiger partial charge in [-0.15, -0.1) is 0 Å². The Morgan fingerprint density at radius 2 is 1.80 bits per heavy atom. The van der Waals surface area contributed by atoms with Crippen molar-refractivity contribution in [3.8, 4) is 0 Å². The summed E-state index contributed by atoms with van der Waals surface area (Å²) < 4.78 is 11.7.